The maximum atomic E-state index is 12.5. The molecule has 1 saturated carbocycles. The normalized spacial score (nSPS) is 30.4. The fourth-order valence-corrected chi connectivity index (χ4v) is 3.38. The Kier molecular flexibility index (Phi) is 4.66. The Bertz CT molecular complexity index is 284. The number of rotatable bonds is 4. The molecule has 2 rings (SSSR count). The molecule has 1 amide bonds. The Hall–Kier alpha value is -0.570. The van der Waals surface area contributed by atoms with Crippen molar-refractivity contribution >= 4 is 5.91 Å². The summed E-state index contributed by atoms with van der Waals surface area (Å²) in [6.45, 7) is 7.41. The van der Waals surface area contributed by atoms with Crippen molar-refractivity contribution < 1.29 is 4.79 Å². The molecule has 104 valence electrons. The van der Waals surface area contributed by atoms with E-state index in [1.807, 2.05) is 0 Å². The highest BCUT2D eigenvalue weighted by Gasteiger charge is 2.40. The van der Waals surface area contributed by atoms with Gasteiger partial charge in [-0.15, -0.1) is 0 Å². The molecule has 1 saturated heterocycles. The van der Waals surface area contributed by atoms with Gasteiger partial charge in [0.25, 0.3) is 0 Å². The van der Waals surface area contributed by atoms with Gasteiger partial charge in [-0.3, -0.25) is 10.1 Å². The van der Waals surface area contributed by atoms with E-state index < -0.39 is 0 Å². The molecule has 1 N–H and O–H groups in total. The highest BCUT2D eigenvalue weighted by Crippen LogP contribution is 2.27. The van der Waals surface area contributed by atoms with Crippen molar-refractivity contribution in [1.82, 2.24) is 10.2 Å². The monoisotopic (exact) mass is 252 g/mol. The fourth-order valence-electron chi connectivity index (χ4n) is 3.38. The molecule has 1 aliphatic heterocycles. The first-order valence-electron chi connectivity index (χ1n) is 7.70. The van der Waals surface area contributed by atoms with Crippen molar-refractivity contribution in [3.8, 4) is 0 Å². The number of nitrogens with one attached hydrogen (secondary N) is 1. The predicted octanol–water partition coefficient (Wildman–Crippen LogP) is 2.76. The number of carbonyl (C=O) groups excluding carboxylic acids is 1. The minimum Gasteiger partial charge on any atom is -0.326 e. The van der Waals surface area contributed by atoms with Gasteiger partial charge < -0.3 is 4.90 Å². The van der Waals surface area contributed by atoms with Crippen LogP contribution < -0.4 is 5.32 Å². The lowest BCUT2D eigenvalue weighted by Gasteiger charge is -2.30. The second kappa shape index (κ2) is 6.05. The van der Waals surface area contributed by atoms with Crippen molar-refractivity contribution in [3.05, 3.63) is 0 Å². The van der Waals surface area contributed by atoms with Crippen molar-refractivity contribution in [2.24, 2.45) is 11.8 Å². The van der Waals surface area contributed by atoms with Gasteiger partial charge in [0.15, 0.2) is 0 Å². The smallest absolute Gasteiger partial charge is 0.241 e. The van der Waals surface area contributed by atoms with Gasteiger partial charge >= 0.3 is 0 Å². The molecule has 3 nitrogen and oxygen atoms in total. The fraction of sp³-hybridized carbons (Fsp3) is 0.933. The van der Waals surface area contributed by atoms with Crippen LogP contribution in [0, 0.1) is 11.8 Å². The molecule has 0 aromatic heterocycles. The SMILES string of the molecule is CCC1NC(C(C)C)C(=O)N1CC1CCCCC1. The molecule has 1 heterocycles. The molecule has 1 aliphatic carbocycles. The van der Waals surface area contributed by atoms with Gasteiger partial charge in [0, 0.05) is 6.54 Å². The summed E-state index contributed by atoms with van der Waals surface area (Å²) in [6.07, 6.45) is 8.00. The molecular formula is C15H28N2O. The quantitative estimate of drug-likeness (QED) is 0.834. The molecular weight excluding hydrogens is 224 g/mol. The van der Waals surface area contributed by atoms with Crippen LogP contribution in [-0.2, 0) is 4.79 Å². The zero-order chi connectivity index (χ0) is 13.1. The molecule has 2 atom stereocenters. The Morgan fingerprint density at radius 3 is 2.50 bits per heavy atom. The molecule has 0 spiro atoms. The number of hydrogen-bond acceptors (Lipinski definition) is 2. The van der Waals surface area contributed by atoms with E-state index in [4.69, 9.17) is 0 Å². The third-order valence-corrected chi connectivity index (χ3v) is 4.53. The average Bonchev–Trinajstić information content (AvgIpc) is 2.68. The summed E-state index contributed by atoms with van der Waals surface area (Å²) in [7, 11) is 0. The van der Waals surface area contributed by atoms with E-state index in [0.29, 0.717) is 11.8 Å². The van der Waals surface area contributed by atoms with E-state index in [1.165, 1.54) is 32.1 Å². The number of nitrogens with zero attached hydrogens (tertiary/aromatic N) is 1. The molecule has 0 aromatic carbocycles. The van der Waals surface area contributed by atoms with E-state index in [0.717, 1.165) is 18.9 Å². The van der Waals surface area contributed by atoms with Crippen LogP contribution in [0.2, 0.25) is 0 Å². The third kappa shape index (κ3) is 2.87. The van der Waals surface area contributed by atoms with Crippen LogP contribution in [0.4, 0.5) is 0 Å². The minimum atomic E-state index is 0.0403. The lowest BCUT2D eigenvalue weighted by atomic mass is 9.89. The Balaban J connectivity index is 1.98. The molecule has 2 unspecified atom stereocenters. The Morgan fingerprint density at radius 2 is 1.94 bits per heavy atom. The largest absolute Gasteiger partial charge is 0.326 e. The zero-order valence-corrected chi connectivity index (χ0v) is 12.1. The zero-order valence-electron chi connectivity index (χ0n) is 12.1. The van der Waals surface area contributed by atoms with Gasteiger partial charge in [-0.2, -0.15) is 0 Å². The van der Waals surface area contributed by atoms with Crippen LogP contribution in [0.1, 0.15) is 59.3 Å². The summed E-state index contributed by atoms with van der Waals surface area (Å²) in [5, 5.41) is 3.51. The van der Waals surface area contributed by atoms with Crippen LogP contribution >= 0.6 is 0 Å². The van der Waals surface area contributed by atoms with Crippen molar-refractivity contribution in [1.29, 1.82) is 0 Å². The molecule has 0 aromatic rings. The summed E-state index contributed by atoms with van der Waals surface area (Å²) in [5.41, 5.74) is 0. The van der Waals surface area contributed by atoms with Gasteiger partial charge in [0.2, 0.25) is 5.91 Å². The number of hydrogen-bond donors (Lipinski definition) is 1. The van der Waals surface area contributed by atoms with Crippen molar-refractivity contribution in [2.45, 2.75) is 71.5 Å². The second-order valence-electron chi connectivity index (χ2n) is 6.31. The van der Waals surface area contributed by atoms with Crippen LogP contribution in [0.25, 0.3) is 0 Å². The maximum absolute atomic E-state index is 12.5. The summed E-state index contributed by atoms with van der Waals surface area (Å²) in [6, 6.07) is 0.0403. The summed E-state index contributed by atoms with van der Waals surface area (Å²) < 4.78 is 0. The van der Waals surface area contributed by atoms with Crippen LogP contribution in [0.5, 0.6) is 0 Å². The van der Waals surface area contributed by atoms with Gasteiger partial charge in [-0.1, -0.05) is 40.0 Å². The summed E-state index contributed by atoms with van der Waals surface area (Å²) in [4.78, 5) is 14.6. The van der Waals surface area contributed by atoms with E-state index in [1.54, 1.807) is 0 Å². The van der Waals surface area contributed by atoms with Crippen molar-refractivity contribution in [3.63, 3.8) is 0 Å². The second-order valence-corrected chi connectivity index (χ2v) is 6.31. The maximum Gasteiger partial charge on any atom is 0.241 e. The summed E-state index contributed by atoms with van der Waals surface area (Å²) in [5.74, 6) is 1.47. The Labute approximate surface area is 111 Å². The average molecular weight is 252 g/mol. The van der Waals surface area contributed by atoms with Crippen LogP contribution in [0.15, 0.2) is 0 Å². The first kappa shape index (κ1) is 13.9. The third-order valence-electron chi connectivity index (χ3n) is 4.53. The lowest BCUT2D eigenvalue weighted by Crippen LogP contribution is -2.40. The predicted molar refractivity (Wildman–Crippen MR) is 74.1 cm³/mol. The van der Waals surface area contributed by atoms with Crippen molar-refractivity contribution in [2.75, 3.05) is 6.54 Å². The number of carbonyl (C=O) groups is 1. The highest BCUT2D eigenvalue weighted by molar-refractivity contribution is 5.84. The van der Waals surface area contributed by atoms with E-state index in [9.17, 15) is 4.79 Å². The van der Waals surface area contributed by atoms with Gasteiger partial charge in [0.05, 0.1) is 12.2 Å². The van der Waals surface area contributed by atoms with Crippen LogP contribution in [-0.4, -0.2) is 29.6 Å². The van der Waals surface area contributed by atoms with E-state index in [-0.39, 0.29) is 12.2 Å². The molecule has 2 fully saturated rings. The summed E-state index contributed by atoms with van der Waals surface area (Å²) >= 11 is 0. The number of amides is 1. The molecule has 0 bridgehead atoms. The molecule has 3 heteroatoms. The first-order valence-corrected chi connectivity index (χ1v) is 7.70. The topological polar surface area (TPSA) is 32.3 Å². The Morgan fingerprint density at radius 1 is 1.28 bits per heavy atom. The molecule has 2 aliphatic rings. The standard InChI is InChI=1S/C15H28N2O/c1-4-13-16-14(11(2)3)15(18)17(13)10-12-8-6-5-7-9-12/h11-14,16H,4-10H2,1-3H3. The van der Waals surface area contributed by atoms with Gasteiger partial charge in [-0.25, -0.2) is 0 Å². The highest BCUT2D eigenvalue weighted by atomic mass is 16.2. The molecule has 18 heavy (non-hydrogen) atoms. The van der Waals surface area contributed by atoms with E-state index in [2.05, 4.69) is 31.0 Å². The van der Waals surface area contributed by atoms with E-state index >= 15 is 0 Å². The van der Waals surface area contributed by atoms with Gasteiger partial charge in [0.1, 0.15) is 0 Å². The minimum absolute atomic E-state index is 0.0403. The van der Waals surface area contributed by atoms with Gasteiger partial charge in [-0.05, 0) is 31.1 Å². The van der Waals surface area contributed by atoms with Crippen LogP contribution in [0.3, 0.4) is 0 Å². The first-order chi connectivity index (χ1) is 8.63. The molecule has 0 radical (unpaired) electrons. The lowest BCUT2D eigenvalue weighted by molar-refractivity contribution is -0.131.